The van der Waals surface area contributed by atoms with E-state index in [0.717, 1.165) is 22.5 Å². The van der Waals surface area contributed by atoms with Crippen LogP contribution in [0.2, 0.25) is 0 Å². The number of esters is 1. The number of hydrogen-bond acceptors (Lipinski definition) is 7. The third-order valence-electron chi connectivity index (χ3n) is 6.82. The van der Waals surface area contributed by atoms with Gasteiger partial charge in [0.05, 0.1) is 24.9 Å². The molecule has 0 aliphatic heterocycles. The highest BCUT2D eigenvalue weighted by Crippen LogP contribution is 2.22. The van der Waals surface area contributed by atoms with Crippen LogP contribution in [0.15, 0.2) is 89.1 Å². The molecule has 0 saturated heterocycles. The lowest BCUT2D eigenvalue weighted by molar-refractivity contribution is -0.146. The van der Waals surface area contributed by atoms with Crippen LogP contribution in [0.1, 0.15) is 31.4 Å². The predicted octanol–water partition coefficient (Wildman–Crippen LogP) is 5.14. The minimum absolute atomic E-state index is 0.0469. The van der Waals surface area contributed by atoms with Gasteiger partial charge in [-0.2, -0.15) is 10.2 Å². The molecule has 41 heavy (non-hydrogen) atoms. The van der Waals surface area contributed by atoms with E-state index >= 15 is 0 Å². The number of ether oxygens (including phenoxy) is 1. The summed E-state index contributed by atoms with van der Waals surface area (Å²) in [5.74, 6) is -1.42. The zero-order chi connectivity index (χ0) is 29.8. The molecule has 0 saturated carbocycles. The second-order valence-electron chi connectivity index (χ2n) is 10.2. The van der Waals surface area contributed by atoms with Crippen molar-refractivity contribution >= 4 is 34.8 Å². The number of methoxy groups -OCH3 is 1. The second-order valence-corrected chi connectivity index (χ2v) is 10.2. The van der Waals surface area contributed by atoms with E-state index in [1.54, 1.807) is 6.07 Å². The molecule has 0 fully saturated rings. The van der Waals surface area contributed by atoms with Crippen LogP contribution >= 0.6 is 0 Å². The molecular weight excluding hydrogens is 518 g/mol. The van der Waals surface area contributed by atoms with Gasteiger partial charge in [-0.3, -0.25) is 9.59 Å². The number of hydrogen-bond donors (Lipinski definition) is 2. The van der Waals surface area contributed by atoms with Gasteiger partial charge in [0.2, 0.25) is 11.8 Å². The Morgan fingerprint density at radius 1 is 0.854 bits per heavy atom. The molecule has 2 amide bonds. The Morgan fingerprint density at radius 2 is 1.51 bits per heavy atom. The van der Waals surface area contributed by atoms with E-state index in [4.69, 9.17) is 4.74 Å². The first-order chi connectivity index (χ1) is 19.7. The van der Waals surface area contributed by atoms with Crippen molar-refractivity contribution in [3.05, 3.63) is 90.0 Å². The first-order valence-corrected chi connectivity index (χ1v) is 13.7. The Morgan fingerprint density at radius 3 is 2.15 bits per heavy atom. The molecule has 3 rings (SSSR count). The summed E-state index contributed by atoms with van der Waals surface area (Å²) in [4.78, 5) is 40.8. The molecule has 3 atom stereocenters. The molecule has 9 heteroatoms. The molecule has 0 aromatic heterocycles. The van der Waals surface area contributed by atoms with Gasteiger partial charge in [-0.1, -0.05) is 62.7 Å². The first-order valence-electron chi connectivity index (χ1n) is 13.7. The number of rotatable bonds is 13. The van der Waals surface area contributed by atoms with E-state index in [-0.39, 0.29) is 24.7 Å². The van der Waals surface area contributed by atoms with Crippen LogP contribution in [0.25, 0.3) is 0 Å². The molecule has 9 nitrogen and oxygen atoms in total. The minimum Gasteiger partial charge on any atom is -0.467 e. The summed E-state index contributed by atoms with van der Waals surface area (Å²) in [7, 11) is 5.24. The van der Waals surface area contributed by atoms with Gasteiger partial charge < -0.3 is 20.3 Å². The van der Waals surface area contributed by atoms with Crippen LogP contribution in [0.4, 0.5) is 17.1 Å². The number of anilines is 1. The van der Waals surface area contributed by atoms with Crippen LogP contribution < -0.4 is 15.5 Å². The largest absolute Gasteiger partial charge is 0.467 e. The third-order valence-corrected chi connectivity index (χ3v) is 6.82. The van der Waals surface area contributed by atoms with Gasteiger partial charge in [0.25, 0.3) is 0 Å². The van der Waals surface area contributed by atoms with Gasteiger partial charge in [-0.15, -0.1) is 0 Å². The average Bonchev–Trinajstić information content (AvgIpc) is 2.98. The summed E-state index contributed by atoms with van der Waals surface area (Å²) in [6.07, 6.45) is 0.990. The van der Waals surface area contributed by atoms with E-state index in [1.165, 1.54) is 7.11 Å². The predicted molar refractivity (Wildman–Crippen MR) is 161 cm³/mol. The zero-order valence-electron chi connectivity index (χ0n) is 24.3. The number of azo groups is 1. The molecule has 0 aliphatic rings. The average molecular weight is 558 g/mol. The van der Waals surface area contributed by atoms with Crippen LogP contribution in [0.3, 0.4) is 0 Å². The summed E-state index contributed by atoms with van der Waals surface area (Å²) in [5, 5.41) is 14.3. The lowest BCUT2D eigenvalue weighted by Crippen LogP contribution is -2.54. The quantitative estimate of drug-likeness (QED) is 0.223. The minimum atomic E-state index is -0.880. The highest BCUT2D eigenvalue weighted by atomic mass is 16.5. The van der Waals surface area contributed by atoms with E-state index < -0.39 is 24.0 Å². The number of nitrogens with zero attached hydrogens (tertiary/aromatic N) is 3. The van der Waals surface area contributed by atoms with Gasteiger partial charge in [0.1, 0.15) is 12.1 Å². The van der Waals surface area contributed by atoms with Gasteiger partial charge in [-0.25, -0.2) is 4.79 Å². The van der Waals surface area contributed by atoms with Crippen molar-refractivity contribution in [2.45, 2.75) is 45.2 Å². The maximum absolute atomic E-state index is 13.4. The van der Waals surface area contributed by atoms with Crippen molar-refractivity contribution < 1.29 is 19.1 Å². The Labute approximate surface area is 242 Å². The maximum Gasteiger partial charge on any atom is 0.328 e. The number of benzene rings is 3. The zero-order valence-corrected chi connectivity index (χ0v) is 24.3. The molecule has 0 heterocycles. The van der Waals surface area contributed by atoms with E-state index in [2.05, 4.69) is 20.9 Å². The van der Waals surface area contributed by atoms with Gasteiger partial charge in [-0.05, 0) is 53.4 Å². The number of carbonyl (C=O) groups excluding carboxylic acids is 3. The number of carbonyl (C=O) groups is 3. The van der Waals surface area contributed by atoms with Crippen LogP contribution in [-0.4, -0.2) is 51.1 Å². The fourth-order valence-corrected chi connectivity index (χ4v) is 4.20. The Kier molecular flexibility index (Phi) is 11.6. The molecule has 0 bridgehead atoms. The number of nitrogens with one attached hydrogen (secondary N) is 2. The Balaban J connectivity index is 1.71. The van der Waals surface area contributed by atoms with Crippen LogP contribution in [0.5, 0.6) is 0 Å². The fraction of sp³-hybridized carbons (Fsp3) is 0.344. The lowest BCUT2D eigenvalue weighted by Gasteiger charge is -2.25. The Hall–Kier alpha value is -4.53. The molecule has 3 unspecified atom stereocenters. The van der Waals surface area contributed by atoms with E-state index in [1.807, 2.05) is 106 Å². The van der Waals surface area contributed by atoms with Crippen LogP contribution in [-0.2, 0) is 32.0 Å². The molecule has 0 spiro atoms. The monoisotopic (exact) mass is 557 g/mol. The summed E-state index contributed by atoms with van der Waals surface area (Å²) < 4.78 is 4.91. The van der Waals surface area contributed by atoms with Crippen molar-refractivity contribution in [2.24, 2.45) is 16.1 Å². The van der Waals surface area contributed by atoms with Crippen molar-refractivity contribution in [2.75, 3.05) is 26.1 Å². The molecule has 0 radical (unpaired) electrons. The SMILES string of the molecule is CCC(C)C(NC(=O)C(Cc1ccccc1)NC(=O)Cc1cccc(N=Nc2ccc(N(C)C)cc2)c1)C(=O)OC. The third kappa shape index (κ3) is 9.56. The van der Waals surface area contributed by atoms with Gasteiger partial charge in [0.15, 0.2) is 0 Å². The lowest BCUT2D eigenvalue weighted by atomic mass is 9.98. The van der Waals surface area contributed by atoms with E-state index in [0.29, 0.717) is 12.1 Å². The fourth-order valence-electron chi connectivity index (χ4n) is 4.20. The summed E-state index contributed by atoms with van der Waals surface area (Å²) in [5.41, 5.74) is 4.01. The molecular formula is C32H39N5O4. The number of amides is 2. The molecule has 216 valence electrons. The Bertz CT molecular complexity index is 1330. The highest BCUT2D eigenvalue weighted by Gasteiger charge is 2.30. The van der Waals surface area contributed by atoms with Crippen molar-refractivity contribution in [1.82, 2.24) is 10.6 Å². The first kappa shape index (κ1) is 31.0. The molecule has 3 aromatic rings. The smallest absolute Gasteiger partial charge is 0.328 e. The summed E-state index contributed by atoms with van der Waals surface area (Å²) in [6.45, 7) is 3.81. The van der Waals surface area contributed by atoms with Crippen molar-refractivity contribution in [1.29, 1.82) is 0 Å². The van der Waals surface area contributed by atoms with Crippen molar-refractivity contribution in [3.63, 3.8) is 0 Å². The van der Waals surface area contributed by atoms with Crippen LogP contribution in [0, 0.1) is 5.92 Å². The maximum atomic E-state index is 13.4. The van der Waals surface area contributed by atoms with Gasteiger partial charge in [0, 0.05) is 26.2 Å². The second kappa shape index (κ2) is 15.3. The van der Waals surface area contributed by atoms with Gasteiger partial charge >= 0.3 is 5.97 Å². The molecule has 2 N–H and O–H groups in total. The molecule has 3 aromatic carbocycles. The standard InChI is InChI=1S/C32H39N5O4/c1-6-22(2)30(32(40)41-5)34-31(39)28(20-23-11-8-7-9-12-23)33-29(38)21-24-13-10-14-26(19-24)36-35-25-15-17-27(18-16-25)37(3)4/h7-19,22,28,30H,6,20-21H2,1-5H3,(H,33,38)(H,34,39). The summed E-state index contributed by atoms with van der Waals surface area (Å²) in [6, 6.07) is 22.7. The topological polar surface area (TPSA) is 112 Å². The highest BCUT2D eigenvalue weighted by molar-refractivity contribution is 5.91. The summed E-state index contributed by atoms with van der Waals surface area (Å²) >= 11 is 0. The van der Waals surface area contributed by atoms with Crippen molar-refractivity contribution in [3.8, 4) is 0 Å². The molecule has 0 aliphatic carbocycles. The normalized spacial score (nSPS) is 13.2. The van der Waals surface area contributed by atoms with E-state index in [9.17, 15) is 14.4 Å².